The summed E-state index contributed by atoms with van der Waals surface area (Å²) >= 11 is 0. The van der Waals surface area contributed by atoms with Gasteiger partial charge in [0.15, 0.2) is 0 Å². The minimum absolute atomic E-state index is 0.834. The van der Waals surface area contributed by atoms with E-state index in [0.717, 1.165) is 16.6 Å². The van der Waals surface area contributed by atoms with Gasteiger partial charge in [-0.2, -0.15) is 0 Å². The summed E-state index contributed by atoms with van der Waals surface area (Å²) in [5.41, 5.74) is 3.77. The molecule has 0 aromatic heterocycles. The zero-order valence-electron chi connectivity index (χ0n) is 14.6. The zero-order valence-corrected chi connectivity index (χ0v) is 15.6. The molecule has 1 aromatic rings. The highest BCUT2D eigenvalue weighted by Gasteiger charge is 2.41. The first-order chi connectivity index (χ1) is 9.91. The third-order valence-electron chi connectivity index (χ3n) is 5.03. The fraction of sp³-hybridized carbons (Fsp3) is 0.500. The Morgan fingerprint density at radius 3 is 1.81 bits per heavy atom. The van der Waals surface area contributed by atoms with Crippen molar-refractivity contribution in [2.45, 2.75) is 64.2 Å². The molecule has 0 N–H and O–H groups in total. The van der Waals surface area contributed by atoms with Gasteiger partial charge in [0.1, 0.15) is 0 Å². The minimum atomic E-state index is -1.28. The smallest absolute Gasteiger partial charge is 0.0650 e. The van der Waals surface area contributed by atoms with E-state index in [9.17, 15) is 0 Å². The van der Waals surface area contributed by atoms with Crippen molar-refractivity contribution in [2.24, 2.45) is 0 Å². The largest absolute Gasteiger partial charge is 0.0872 e. The molecule has 0 amide bonds. The zero-order chi connectivity index (χ0) is 15.9. The van der Waals surface area contributed by atoms with E-state index in [0.29, 0.717) is 0 Å². The lowest BCUT2D eigenvalue weighted by molar-refractivity contribution is 0.811. The van der Waals surface area contributed by atoms with E-state index in [1.54, 1.807) is 0 Å². The van der Waals surface area contributed by atoms with Crippen LogP contribution >= 0.6 is 0 Å². The summed E-state index contributed by atoms with van der Waals surface area (Å²) in [6, 6.07) is 11.8. The Hall–Kier alpha value is -1.08. The molecule has 0 nitrogen and oxygen atoms in total. The topological polar surface area (TPSA) is 0 Å². The molecule has 0 fully saturated rings. The third-order valence-corrected chi connectivity index (χ3v) is 12.4. The molecular formula is C20H32Si. The van der Waals surface area contributed by atoms with Crippen molar-refractivity contribution < 1.29 is 0 Å². The first-order valence-electron chi connectivity index (χ1n) is 8.29. The molecule has 116 valence electrons. The SMILES string of the molecule is CC(C)[Si](C/C=C\C=C\c1ccccc1)(C(C)C)C(C)C. The number of hydrogen-bond donors (Lipinski definition) is 0. The third kappa shape index (κ3) is 4.71. The summed E-state index contributed by atoms with van der Waals surface area (Å²) in [7, 11) is -1.28. The molecule has 1 heteroatoms. The van der Waals surface area contributed by atoms with Gasteiger partial charge in [0.2, 0.25) is 0 Å². The van der Waals surface area contributed by atoms with Gasteiger partial charge < -0.3 is 0 Å². The van der Waals surface area contributed by atoms with Gasteiger partial charge >= 0.3 is 0 Å². The maximum atomic E-state index is 2.43. The lowest BCUT2D eigenvalue weighted by atomic mass is 10.2. The maximum Gasteiger partial charge on any atom is 0.0650 e. The lowest BCUT2D eigenvalue weighted by Gasteiger charge is -2.42. The molecule has 1 aromatic carbocycles. The molecule has 0 saturated heterocycles. The van der Waals surface area contributed by atoms with Crippen molar-refractivity contribution in [3.63, 3.8) is 0 Å². The van der Waals surface area contributed by atoms with Crippen molar-refractivity contribution >= 4 is 14.1 Å². The van der Waals surface area contributed by atoms with E-state index >= 15 is 0 Å². The highest BCUT2D eigenvalue weighted by molar-refractivity contribution is 6.83. The Morgan fingerprint density at radius 2 is 1.33 bits per heavy atom. The van der Waals surface area contributed by atoms with E-state index in [1.807, 2.05) is 0 Å². The molecule has 0 saturated carbocycles. The molecule has 1 rings (SSSR count). The maximum absolute atomic E-state index is 2.43. The van der Waals surface area contributed by atoms with Crippen LogP contribution in [0.4, 0.5) is 0 Å². The highest BCUT2D eigenvalue weighted by Crippen LogP contribution is 2.44. The van der Waals surface area contributed by atoms with Crippen LogP contribution in [0.15, 0.2) is 48.6 Å². The Morgan fingerprint density at radius 1 is 0.810 bits per heavy atom. The molecule has 0 unspecified atom stereocenters. The van der Waals surface area contributed by atoms with Crippen molar-refractivity contribution in [1.29, 1.82) is 0 Å². The molecule has 21 heavy (non-hydrogen) atoms. The molecule has 0 atom stereocenters. The quantitative estimate of drug-likeness (QED) is 0.378. The van der Waals surface area contributed by atoms with Gasteiger partial charge in [-0.25, -0.2) is 0 Å². The summed E-state index contributed by atoms with van der Waals surface area (Å²) < 4.78 is 0. The summed E-state index contributed by atoms with van der Waals surface area (Å²) in [6.45, 7) is 14.6. The molecule has 0 aliphatic rings. The fourth-order valence-corrected chi connectivity index (χ4v) is 9.75. The summed E-state index contributed by atoms with van der Waals surface area (Å²) in [4.78, 5) is 0. The van der Waals surface area contributed by atoms with E-state index in [4.69, 9.17) is 0 Å². The second kappa shape index (κ2) is 8.38. The number of allylic oxidation sites excluding steroid dienone is 3. The van der Waals surface area contributed by atoms with Gasteiger partial charge in [-0.15, -0.1) is 0 Å². The Bertz CT molecular complexity index is 430. The Balaban J connectivity index is 2.73. The number of benzene rings is 1. The van der Waals surface area contributed by atoms with Gasteiger partial charge in [0.25, 0.3) is 0 Å². The average Bonchev–Trinajstić information content (AvgIpc) is 2.42. The van der Waals surface area contributed by atoms with Crippen LogP contribution < -0.4 is 0 Å². The molecule has 0 aliphatic heterocycles. The van der Waals surface area contributed by atoms with Crippen LogP contribution in [0.5, 0.6) is 0 Å². The summed E-state index contributed by atoms with van der Waals surface area (Å²) in [5, 5.41) is 0. The van der Waals surface area contributed by atoms with Crippen molar-refractivity contribution in [3.05, 3.63) is 54.1 Å². The van der Waals surface area contributed by atoms with E-state index in [1.165, 1.54) is 11.6 Å². The summed E-state index contributed by atoms with van der Waals surface area (Å²) in [6.07, 6.45) is 9.00. The van der Waals surface area contributed by atoms with Crippen molar-refractivity contribution in [3.8, 4) is 0 Å². The van der Waals surface area contributed by atoms with Crippen LogP contribution in [0.25, 0.3) is 6.08 Å². The molecular weight excluding hydrogens is 268 g/mol. The van der Waals surface area contributed by atoms with Gasteiger partial charge in [-0.3, -0.25) is 0 Å². The van der Waals surface area contributed by atoms with Crippen LogP contribution in [0.1, 0.15) is 47.1 Å². The number of rotatable bonds is 7. The van der Waals surface area contributed by atoms with Gasteiger partial charge in [-0.1, -0.05) is 113 Å². The predicted octanol–water partition coefficient (Wildman–Crippen LogP) is 6.93. The first-order valence-corrected chi connectivity index (χ1v) is 10.7. The van der Waals surface area contributed by atoms with Crippen LogP contribution in [-0.2, 0) is 0 Å². The molecule has 0 spiro atoms. The Kier molecular flexibility index (Phi) is 7.17. The predicted molar refractivity (Wildman–Crippen MR) is 100 cm³/mol. The normalized spacial score (nSPS) is 13.4. The summed E-state index contributed by atoms with van der Waals surface area (Å²) in [5.74, 6) is 0. The molecule has 0 heterocycles. The first kappa shape index (κ1) is 18.0. The lowest BCUT2D eigenvalue weighted by Crippen LogP contribution is -2.43. The second-order valence-corrected chi connectivity index (χ2v) is 13.1. The van der Waals surface area contributed by atoms with E-state index in [2.05, 4.69) is 96.2 Å². The van der Waals surface area contributed by atoms with Gasteiger partial charge in [0.05, 0.1) is 8.07 Å². The standard InChI is InChI=1S/C20H32Si/c1-17(2)21(18(3)4,19(5)6)16-12-8-11-15-20-13-9-7-10-14-20/h7-15,17-19H,16H2,1-6H3/b12-8-,15-11+. The molecule has 0 radical (unpaired) electrons. The fourth-order valence-electron chi connectivity index (χ4n) is 3.79. The average molecular weight is 301 g/mol. The van der Waals surface area contributed by atoms with Crippen LogP contribution in [0.2, 0.25) is 22.7 Å². The number of hydrogen-bond acceptors (Lipinski definition) is 0. The second-order valence-electron chi connectivity index (χ2n) is 6.98. The van der Waals surface area contributed by atoms with Gasteiger partial charge in [0, 0.05) is 0 Å². The highest BCUT2D eigenvalue weighted by atomic mass is 28.3. The monoisotopic (exact) mass is 300 g/mol. The van der Waals surface area contributed by atoms with Gasteiger partial charge in [-0.05, 0) is 11.6 Å². The van der Waals surface area contributed by atoms with Crippen LogP contribution in [0, 0.1) is 0 Å². The van der Waals surface area contributed by atoms with E-state index in [-0.39, 0.29) is 0 Å². The van der Waals surface area contributed by atoms with Crippen LogP contribution in [-0.4, -0.2) is 8.07 Å². The van der Waals surface area contributed by atoms with Crippen LogP contribution in [0.3, 0.4) is 0 Å². The Labute approximate surface area is 133 Å². The molecule has 0 aliphatic carbocycles. The van der Waals surface area contributed by atoms with Crippen molar-refractivity contribution in [2.75, 3.05) is 0 Å². The molecule has 0 bridgehead atoms. The van der Waals surface area contributed by atoms with Crippen molar-refractivity contribution in [1.82, 2.24) is 0 Å². The minimum Gasteiger partial charge on any atom is -0.0872 e. The van der Waals surface area contributed by atoms with E-state index < -0.39 is 8.07 Å².